The van der Waals surface area contributed by atoms with Crippen molar-refractivity contribution in [3.05, 3.63) is 60.2 Å². The Morgan fingerprint density at radius 1 is 0.882 bits per heavy atom. The zero-order valence-corrected chi connectivity index (χ0v) is 9.81. The van der Waals surface area contributed by atoms with E-state index in [2.05, 4.69) is 0 Å². The van der Waals surface area contributed by atoms with Crippen molar-refractivity contribution in [1.29, 1.82) is 0 Å². The van der Waals surface area contributed by atoms with Crippen molar-refractivity contribution in [2.75, 3.05) is 0 Å². The molecule has 0 aliphatic heterocycles. The fourth-order valence-electron chi connectivity index (χ4n) is 1.42. The Labute approximate surface area is 102 Å². The molecule has 1 unspecified atom stereocenters. The van der Waals surface area contributed by atoms with Gasteiger partial charge in [-0.25, -0.2) is 4.21 Å². The molecule has 1 atom stereocenters. The summed E-state index contributed by atoms with van der Waals surface area (Å²) in [5.41, 5.74) is 5.55. The third-order valence-electron chi connectivity index (χ3n) is 2.31. The van der Waals surface area contributed by atoms with Gasteiger partial charge in [-0.05, 0) is 36.4 Å². The van der Waals surface area contributed by atoms with Crippen LogP contribution in [0, 0.1) is 0 Å². The predicted molar refractivity (Wildman–Crippen MR) is 66.1 cm³/mol. The molecular formula is C13H11NO2S. The molecule has 0 fully saturated rings. The van der Waals surface area contributed by atoms with E-state index in [-0.39, 0.29) is 0 Å². The minimum atomic E-state index is -1.22. The third-order valence-corrected chi connectivity index (χ3v) is 3.71. The van der Waals surface area contributed by atoms with E-state index < -0.39 is 16.7 Å². The van der Waals surface area contributed by atoms with Crippen molar-refractivity contribution >= 4 is 16.7 Å². The van der Waals surface area contributed by atoms with Crippen LogP contribution in [-0.4, -0.2) is 10.1 Å². The number of rotatable bonds is 3. The van der Waals surface area contributed by atoms with Crippen molar-refractivity contribution in [1.82, 2.24) is 0 Å². The molecule has 86 valence electrons. The average molecular weight is 245 g/mol. The fraction of sp³-hybridized carbons (Fsp3) is 0. The molecule has 2 rings (SSSR count). The monoisotopic (exact) mass is 245 g/mol. The molecule has 0 saturated carbocycles. The molecule has 2 aromatic rings. The summed E-state index contributed by atoms with van der Waals surface area (Å²) in [7, 11) is -1.22. The summed E-state index contributed by atoms with van der Waals surface area (Å²) in [5, 5.41) is 0. The first kappa shape index (κ1) is 11.5. The van der Waals surface area contributed by atoms with Crippen molar-refractivity contribution in [3.8, 4) is 0 Å². The van der Waals surface area contributed by atoms with Crippen LogP contribution in [0.4, 0.5) is 0 Å². The lowest BCUT2D eigenvalue weighted by molar-refractivity contribution is 0.1000. The Kier molecular flexibility index (Phi) is 3.35. The summed E-state index contributed by atoms with van der Waals surface area (Å²) in [6.45, 7) is 0. The zero-order chi connectivity index (χ0) is 12.3. The SMILES string of the molecule is NC(=O)c1ccc(S(=O)c2ccccc2)cc1. The Balaban J connectivity index is 2.30. The summed E-state index contributed by atoms with van der Waals surface area (Å²) in [6.07, 6.45) is 0. The van der Waals surface area contributed by atoms with Gasteiger partial charge in [0.2, 0.25) is 5.91 Å². The predicted octanol–water partition coefficient (Wildman–Crippen LogP) is 1.95. The van der Waals surface area contributed by atoms with E-state index in [9.17, 15) is 9.00 Å². The van der Waals surface area contributed by atoms with E-state index in [0.717, 1.165) is 4.90 Å². The maximum atomic E-state index is 12.1. The van der Waals surface area contributed by atoms with Crippen LogP contribution in [0.15, 0.2) is 64.4 Å². The number of amides is 1. The Morgan fingerprint density at radius 3 is 1.94 bits per heavy atom. The van der Waals surface area contributed by atoms with Crippen LogP contribution in [0.25, 0.3) is 0 Å². The molecule has 1 amide bonds. The molecule has 2 N–H and O–H groups in total. The Bertz CT molecular complexity index is 549. The van der Waals surface area contributed by atoms with E-state index >= 15 is 0 Å². The lowest BCUT2D eigenvalue weighted by atomic mass is 10.2. The van der Waals surface area contributed by atoms with Crippen molar-refractivity contribution in [3.63, 3.8) is 0 Å². The van der Waals surface area contributed by atoms with Gasteiger partial charge in [-0.15, -0.1) is 0 Å². The lowest BCUT2D eigenvalue weighted by Crippen LogP contribution is -2.10. The van der Waals surface area contributed by atoms with Crippen LogP contribution in [0.5, 0.6) is 0 Å². The summed E-state index contributed by atoms with van der Waals surface area (Å²) in [5.74, 6) is -0.484. The van der Waals surface area contributed by atoms with Crippen molar-refractivity contribution in [2.45, 2.75) is 9.79 Å². The topological polar surface area (TPSA) is 60.2 Å². The quantitative estimate of drug-likeness (QED) is 0.898. The van der Waals surface area contributed by atoms with Crippen LogP contribution in [0.2, 0.25) is 0 Å². The van der Waals surface area contributed by atoms with Gasteiger partial charge in [0.1, 0.15) is 0 Å². The molecule has 17 heavy (non-hydrogen) atoms. The number of hydrogen-bond donors (Lipinski definition) is 1. The smallest absolute Gasteiger partial charge is 0.248 e. The number of benzene rings is 2. The highest BCUT2D eigenvalue weighted by Gasteiger charge is 2.07. The maximum Gasteiger partial charge on any atom is 0.248 e. The molecule has 0 saturated heterocycles. The molecule has 0 aromatic heterocycles. The normalized spacial score (nSPS) is 12.0. The first-order chi connectivity index (χ1) is 8.18. The molecular weight excluding hydrogens is 234 g/mol. The van der Waals surface area contributed by atoms with Gasteiger partial charge < -0.3 is 5.73 Å². The van der Waals surface area contributed by atoms with E-state index in [1.54, 1.807) is 36.4 Å². The minimum Gasteiger partial charge on any atom is -0.366 e. The first-order valence-corrected chi connectivity index (χ1v) is 6.20. The number of carbonyl (C=O) groups is 1. The molecule has 0 bridgehead atoms. The second-order valence-corrected chi connectivity index (χ2v) is 4.95. The molecule has 4 heteroatoms. The van der Waals surface area contributed by atoms with E-state index in [4.69, 9.17) is 5.73 Å². The van der Waals surface area contributed by atoms with E-state index in [1.807, 2.05) is 18.2 Å². The van der Waals surface area contributed by atoms with Gasteiger partial charge in [0.25, 0.3) is 0 Å². The molecule has 2 aromatic carbocycles. The van der Waals surface area contributed by atoms with Gasteiger partial charge >= 0.3 is 0 Å². The van der Waals surface area contributed by atoms with Crippen LogP contribution < -0.4 is 5.73 Å². The van der Waals surface area contributed by atoms with Gasteiger partial charge in [0.15, 0.2) is 0 Å². The van der Waals surface area contributed by atoms with E-state index in [1.165, 1.54) is 0 Å². The lowest BCUT2D eigenvalue weighted by Gasteiger charge is -2.02. The van der Waals surface area contributed by atoms with Crippen LogP contribution in [0.1, 0.15) is 10.4 Å². The zero-order valence-electron chi connectivity index (χ0n) is 9.00. The largest absolute Gasteiger partial charge is 0.366 e. The van der Waals surface area contributed by atoms with Gasteiger partial charge in [-0.3, -0.25) is 4.79 Å². The maximum absolute atomic E-state index is 12.1. The summed E-state index contributed by atoms with van der Waals surface area (Å²) in [6, 6.07) is 15.6. The average Bonchev–Trinajstić information content (AvgIpc) is 2.39. The van der Waals surface area contributed by atoms with Crippen molar-refractivity contribution in [2.24, 2.45) is 5.73 Å². The van der Waals surface area contributed by atoms with E-state index in [0.29, 0.717) is 10.5 Å². The van der Waals surface area contributed by atoms with Crippen LogP contribution >= 0.6 is 0 Å². The standard InChI is InChI=1S/C13H11NO2S/c14-13(15)10-6-8-12(9-7-10)17(16)11-4-2-1-3-5-11/h1-9H,(H2,14,15). The van der Waals surface area contributed by atoms with Gasteiger partial charge in [0, 0.05) is 15.4 Å². The second-order valence-electron chi connectivity index (χ2n) is 3.47. The van der Waals surface area contributed by atoms with Crippen molar-refractivity contribution < 1.29 is 9.00 Å². The highest BCUT2D eigenvalue weighted by molar-refractivity contribution is 7.85. The molecule has 0 aliphatic rings. The second kappa shape index (κ2) is 4.93. The van der Waals surface area contributed by atoms with Gasteiger partial charge in [-0.1, -0.05) is 18.2 Å². The first-order valence-electron chi connectivity index (χ1n) is 5.05. The Hall–Kier alpha value is -1.94. The third kappa shape index (κ3) is 2.60. The van der Waals surface area contributed by atoms with Crippen LogP contribution in [-0.2, 0) is 10.8 Å². The Morgan fingerprint density at radius 2 is 1.41 bits per heavy atom. The summed E-state index contributed by atoms with van der Waals surface area (Å²) in [4.78, 5) is 12.3. The molecule has 0 aliphatic carbocycles. The van der Waals surface area contributed by atoms with Crippen LogP contribution in [0.3, 0.4) is 0 Å². The number of primary amides is 1. The summed E-state index contributed by atoms with van der Waals surface area (Å²) < 4.78 is 12.1. The molecule has 0 heterocycles. The summed E-state index contributed by atoms with van der Waals surface area (Å²) >= 11 is 0. The van der Waals surface area contributed by atoms with Gasteiger partial charge in [0.05, 0.1) is 10.8 Å². The highest BCUT2D eigenvalue weighted by Crippen LogP contribution is 2.16. The highest BCUT2D eigenvalue weighted by atomic mass is 32.2. The number of hydrogen-bond acceptors (Lipinski definition) is 2. The number of nitrogens with two attached hydrogens (primary N) is 1. The fourth-order valence-corrected chi connectivity index (χ4v) is 2.48. The molecule has 0 spiro atoms. The minimum absolute atomic E-state index is 0.416. The number of carbonyl (C=O) groups excluding carboxylic acids is 1. The van der Waals surface area contributed by atoms with Gasteiger partial charge in [-0.2, -0.15) is 0 Å². The molecule has 3 nitrogen and oxygen atoms in total. The molecule has 0 radical (unpaired) electrons.